The van der Waals surface area contributed by atoms with Crippen molar-refractivity contribution in [2.24, 2.45) is 0 Å². The number of nitrogens with one attached hydrogen (secondary N) is 1. The second-order valence-corrected chi connectivity index (χ2v) is 15.6. The maximum absolute atomic E-state index is 12.4. The average Bonchev–Trinajstić information content (AvgIpc) is 3.13. The summed E-state index contributed by atoms with van der Waals surface area (Å²) in [6, 6.07) is -0.828. The van der Waals surface area contributed by atoms with Gasteiger partial charge < -0.3 is 20.6 Å². The third kappa shape index (κ3) is 37.0. The number of aliphatic hydroxyl groups is 3. The molecular formula is C46H89NO4. The molecule has 0 aliphatic carbocycles. The molecule has 1 amide bonds. The van der Waals surface area contributed by atoms with Crippen LogP contribution in [0.25, 0.3) is 0 Å². The Labute approximate surface area is 318 Å². The summed E-state index contributed by atoms with van der Waals surface area (Å²) in [5, 5.41) is 33.5. The predicted molar refractivity (Wildman–Crippen MR) is 222 cm³/mol. The molecule has 302 valence electrons. The number of amides is 1. The molecule has 0 aliphatic heterocycles. The van der Waals surface area contributed by atoms with Gasteiger partial charge in [0, 0.05) is 6.42 Å². The summed E-state index contributed by atoms with van der Waals surface area (Å²) in [5.41, 5.74) is 0. The Morgan fingerprint density at radius 2 is 0.784 bits per heavy atom. The van der Waals surface area contributed by atoms with Gasteiger partial charge in [0.05, 0.1) is 18.8 Å². The van der Waals surface area contributed by atoms with Crippen molar-refractivity contribution in [2.75, 3.05) is 6.61 Å². The maximum Gasteiger partial charge on any atom is 0.220 e. The molecule has 0 rings (SSSR count). The smallest absolute Gasteiger partial charge is 0.220 e. The van der Waals surface area contributed by atoms with Crippen LogP contribution >= 0.6 is 0 Å². The maximum atomic E-state index is 12.4. The molecule has 0 aliphatic rings. The highest BCUT2D eigenvalue weighted by Gasteiger charge is 2.26. The lowest BCUT2D eigenvalue weighted by molar-refractivity contribution is -0.124. The lowest BCUT2D eigenvalue weighted by atomic mass is 10.0. The van der Waals surface area contributed by atoms with Crippen molar-refractivity contribution >= 4 is 5.91 Å². The van der Waals surface area contributed by atoms with Crippen LogP contribution in [0.3, 0.4) is 0 Å². The summed E-state index contributed by atoms with van der Waals surface area (Å²) in [6.45, 7) is 4.17. The highest BCUT2D eigenvalue weighted by atomic mass is 16.3. The van der Waals surface area contributed by atoms with Crippen molar-refractivity contribution in [3.05, 3.63) is 24.3 Å². The highest BCUT2D eigenvalue weighted by molar-refractivity contribution is 5.76. The summed E-state index contributed by atoms with van der Waals surface area (Å²) in [4.78, 5) is 12.4. The molecule has 0 aromatic carbocycles. The molecule has 5 nitrogen and oxygen atoms in total. The Kier molecular flexibility index (Phi) is 40.6. The van der Waals surface area contributed by atoms with Crippen molar-refractivity contribution in [2.45, 2.75) is 257 Å². The van der Waals surface area contributed by atoms with Gasteiger partial charge in [0.15, 0.2) is 0 Å². The van der Waals surface area contributed by atoms with Gasteiger partial charge in [0.25, 0.3) is 0 Å². The van der Waals surface area contributed by atoms with E-state index in [1.807, 2.05) is 0 Å². The van der Waals surface area contributed by atoms with E-state index in [9.17, 15) is 20.1 Å². The molecule has 0 aromatic heterocycles. The zero-order valence-corrected chi connectivity index (χ0v) is 34.2. The number of carbonyl (C=O) groups is 1. The van der Waals surface area contributed by atoms with E-state index in [1.54, 1.807) is 0 Å². The monoisotopic (exact) mass is 720 g/mol. The van der Waals surface area contributed by atoms with E-state index in [1.165, 1.54) is 167 Å². The molecular weight excluding hydrogens is 631 g/mol. The van der Waals surface area contributed by atoms with Crippen LogP contribution in [-0.2, 0) is 4.79 Å². The van der Waals surface area contributed by atoms with Gasteiger partial charge in [-0.1, -0.05) is 192 Å². The van der Waals surface area contributed by atoms with Crippen molar-refractivity contribution in [3.63, 3.8) is 0 Å². The van der Waals surface area contributed by atoms with Crippen molar-refractivity contribution < 1.29 is 20.1 Å². The lowest BCUT2D eigenvalue weighted by Crippen LogP contribution is -2.50. The van der Waals surface area contributed by atoms with E-state index >= 15 is 0 Å². The standard InChI is InChI=1S/C46H89NO4/c1-3-5-7-9-11-13-15-17-19-21-22-23-24-25-26-28-30-32-34-36-38-40-44(49)46(51)43(42-48)47-45(50)41-39-37-35-33-31-29-27-20-18-16-14-12-10-8-6-4-2/h20,27,32,34,43-44,46,48-49,51H,3-19,21-26,28-31,33,35-42H2,1-2H3,(H,47,50)/b27-20-,34-32+. The molecule has 0 fully saturated rings. The second kappa shape index (κ2) is 41.6. The number of carbonyl (C=O) groups excluding carboxylic acids is 1. The average molecular weight is 720 g/mol. The summed E-state index contributed by atoms with van der Waals surface area (Å²) in [5.74, 6) is -0.161. The topological polar surface area (TPSA) is 89.8 Å². The number of hydrogen-bond donors (Lipinski definition) is 4. The van der Waals surface area contributed by atoms with E-state index in [2.05, 4.69) is 43.5 Å². The third-order valence-corrected chi connectivity index (χ3v) is 10.5. The Hall–Kier alpha value is -1.17. The summed E-state index contributed by atoms with van der Waals surface area (Å²) in [6.07, 6.45) is 50.1. The van der Waals surface area contributed by atoms with E-state index in [-0.39, 0.29) is 12.5 Å². The fourth-order valence-electron chi connectivity index (χ4n) is 6.98. The molecule has 0 aromatic rings. The molecule has 0 spiro atoms. The van der Waals surface area contributed by atoms with Crippen LogP contribution in [0.4, 0.5) is 0 Å². The molecule has 0 bridgehead atoms. The predicted octanol–water partition coefficient (Wildman–Crippen LogP) is 13.0. The molecule has 0 heterocycles. The molecule has 0 saturated carbocycles. The third-order valence-electron chi connectivity index (χ3n) is 10.5. The summed E-state index contributed by atoms with van der Waals surface area (Å²) >= 11 is 0. The first kappa shape index (κ1) is 49.8. The molecule has 3 atom stereocenters. The highest BCUT2D eigenvalue weighted by Crippen LogP contribution is 2.15. The van der Waals surface area contributed by atoms with Crippen molar-refractivity contribution in [1.29, 1.82) is 0 Å². The van der Waals surface area contributed by atoms with Gasteiger partial charge >= 0.3 is 0 Å². The Morgan fingerprint density at radius 1 is 0.471 bits per heavy atom. The zero-order chi connectivity index (χ0) is 37.3. The largest absolute Gasteiger partial charge is 0.394 e. The first-order valence-corrected chi connectivity index (χ1v) is 22.6. The SMILES string of the molecule is CCCCCCCCC/C=C\CCCCCCCC(=O)NC(CO)C(O)C(O)CCC/C=C/CCCCCCCCCCCCCCCCCC. The van der Waals surface area contributed by atoms with Gasteiger partial charge in [0.2, 0.25) is 5.91 Å². The molecule has 5 heteroatoms. The van der Waals surface area contributed by atoms with E-state index < -0.39 is 18.2 Å². The molecule has 51 heavy (non-hydrogen) atoms. The summed E-state index contributed by atoms with van der Waals surface area (Å²) in [7, 11) is 0. The number of hydrogen-bond acceptors (Lipinski definition) is 4. The number of allylic oxidation sites excluding steroid dienone is 4. The Morgan fingerprint density at radius 3 is 1.14 bits per heavy atom. The number of unbranched alkanes of at least 4 members (excludes halogenated alkanes) is 29. The second-order valence-electron chi connectivity index (χ2n) is 15.6. The van der Waals surface area contributed by atoms with Crippen LogP contribution in [0, 0.1) is 0 Å². The number of rotatable bonds is 41. The normalized spacial score (nSPS) is 13.7. The van der Waals surface area contributed by atoms with Gasteiger partial charge in [-0.15, -0.1) is 0 Å². The zero-order valence-electron chi connectivity index (χ0n) is 34.2. The van der Waals surface area contributed by atoms with E-state index in [0.717, 1.165) is 44.9 Å². The lowest BCUT2D eigenvalue weighted by Gasteiger charge is -2.26. The van der Waals surface area contributed by atoms with Gasteiger partial charge in [-0.3, -0.25) is 4.79 Å². The Bertz CT molecular complexity index is 754. The van der Waals surface area contributed by atoms with Crippen LogP contribution in [-0.4, -0.2) is 46.1 Å². The first-order chi connectivity index (χ1) is 25.1. The van der Waals surface area contributed by atoms with Crippen LogP contribution in [0.5, 0.6) is 0 Å². The van der Waals surface area contributed by atoms with Crippen LogP contribution in [0.2, 0.25) is 0 Å². The van der Waals surface area contributed by atoms with Gasteiger partial charge in [-0.05, 0) is 64.2 Å². The molecule has 3 unspecified atom stereocenters. The fourth-order valence-corrected chi connectivity index (χ4v) is 6.98. The van der Waals surface area contributed by atoms with Gasteiger partial charge in [-0.25, -0.2) is 0 Å². The quantitative estimate of drug-likeness (QED) is 0.0374. The molecule has 0 saturated heterocycles. The van der Waals surface area contributed by atoms with Crippen LogP contribution < -0.4 is 5.32 Å². The van der Waals surface area contributed by atoms with E-state index in [4.69, 9.17) is 0 Å². The Balaban J connectivity index is 3.65. The van der Waals surface area contributed by atoms with Crippen LogP contribution in [0.1, 0.15) is 239 Å². The minimum atomic E-state index is -1.16. The number of aliphatic hydroxyl groups excluding tert-OH is 3. The fraction of sp³-hybridized carbons (Fsp3) is 0.891. The minimum Gasteiger partial charge on any atom is -0.394 e. The first-order valence-electron chi connectivity index (χ1n) is 22.6. The van der Waals surface area contributed by atoms with Crippen LogP contribution in [0.15, 0.2) is 24.3 Å². The van der Waals surface area contributed by atoms with Gasteiger partial charge in [0.1, 0.15) is 6.10 Å². The van der Waals surface area contributed by atoms with Crippen molar-refractivity contribution in [3.8, 4) is 0 Å². The van der Waals surface area contributed by atoms with Gasteiger partial charge in [-0.2, -0.15) is 0 Å². The van der Waals surface area contributed by atoms with Crippen molar-refractivity contribution in [1.82, 2.24) is 5.32 Å². The van der Waals surface area contributed by atoms with E-state index in [0.29, 0.717) is 12.8 Å². The molecule has 4 N–H and O–H groups in total. The minimum absolute atomic E-state index is 0.161. The molecule has 0 radical (unpaired) electrons. The summed E-state index contributed by atoms with van der Waals surface area (Å²) < 4.78 is 0.